The molecular formula is C20H22ClNO2. The zero-order chi connectivity index (χ0) is 16.7. The number of nitrogens with zero attached hydrogens (tertiary/aromatic N) is 1. The van der Waals surface area contributed by atoms with E-state index in [2.05, 4.69) is 17.0 Å². The van der Waals surface area contributed by atoms with Gasteiger partial charge in [0.25, 0.3) is 0 Å². The van der Waals surface area contributed by atoms with Gasteiger partial charge in [0.2, 0.25) is 0 Å². The van der Waals surface area contributed by atoms with Gasteiger partial charge in [0, 0.05) is 30.6 Å². The summed E-state index contributed by atoms with van der Waals surface area (Å²) in [6.45, 7) is 1.96. The van der Waals surface area contributed by atoms with Gasteiger partial charge in [-0.15, -0.1) is 0 Å². The van der Waals surface area contributed by atoms with Crippen molar-refractivity contribution in [2.45, 2.75) is 30.9 Å². The van der Waals surface area contributed by atoms with E-state index >= 15 is 0 Å². The summed E-state index contributed by atoms with van der Waals surface area (Å²) in [5.74, 6) is 0.908. The number of ether oxygens (including phenoxy) is 1. The second-order valence-electron chi connectivity index (χ2n) is 6.86. The highest BCUT2D eigenvalue weighted by Crippen LogP contribution is 2.45. The highest BCUT2D eigenvalue weighted by Gasteiger charge is 2.42. The summed E-state index contributed by atoms with van der Waals surface area (Å²) in [4.78, 5) is 2.50. The number of benzene rings is 2. The van der Waals surface area contributed by atoms with E-state index in [1.54, 1.807) is 7.11 Å². The number of halogens is 1. The van der Waals surface area contributed by atoms with Crippen LogP contribution in [0, 0.1) is 0 Å². The molecule has 2 aromatic rings. The van der Waals surface area contributed by atoms with Gasteiger partial charge in [0.05, 0.1) is 12.7 Å². The highest BCUT2D eigenvalue weighted by molar-refractivity contribution is 6.30. The lowest BCUT2D eigenvalue weighted by Gasteiger charge is -2.47. The van der Waals surface area contributed by atoms with Crippen molar-refractivity contribution in [3.8, 4) is 5.75 Å². The zero-order valence-corrected chi connectivity index (χ0v) is 14.6. The average molecular weight is 344 g/mol. The van der Waals surface area contributed by atoms with Crippen LogP contribution >= 0.6 is 11.6 Å². The minimum atomic E-state index is -0.791. The van der Waals surface area contributed by atoms with Crippen LogP contribution in [-0.4, -0.2) is 30.2 Å². The molecule has 0 radical (unpaired) electrons. The van der Waals surface area contributed by atoms with E-state index in [1.807, 2.05) is 30.3 Å². The number of aliphatic hydroxyl groups is 1. The molecule has 0 spiro atoms. The fourth-order valence-electron chi connectivity index (χ4n) is 4.15. The summed E-state index contributed by atoms with van der Waals surface area (Å²) < 4.78 is 5.36. The summed E-state index contributed by atoms with van der Waals surface area (Å²) in [6, 6.07) is 14.2. The van der Waals surface area contributed by atoms with Crippen LogP contribution in [0.2, 0.25) is 5.02 Å². The Morgan fingerprint density at radius 1 is 1.17 bits per heavy atom. The molecule has 24 heavy (non-hydrogen) atoms. The predicted octanol–water partition coefficient (Wildman–Crippen LogP) is 3.93. The van der Waals surface area contributed by atoms with Gasteiger partial charge in [-0.1, -0.05) is 29.8 Å². The largest absolute Gasteiger partial charge is 0.497 e. The summed E-state index contributed by atoms with van der Waals surface area (Å²) >= 11 is 6.00. The Morgan fingerprint density at radius 2 is 1.96 bits per heavy atom. The molecule has 2 atom stereocenters. The molecule has 2 aromatic carbocycles. The molecule has 1 N–H and O–H groups in total. The first kappa shape index (κ1) is 15.9. The Bertz CT molecular complexity index is 746. The average Bonchev–Trinajstić information content (AvgIpc) is 2.61. The van der Waals surface area contributed by atoms with Gasteiger partial charge < -0.3 is 9.84 Å². The SMILES string of the molecule is COc1ccc2c(c1)CCN1CC[C@@](O)(c3ccc(Cl)cc3)C[C@H]21. The summed E-state index contributed by atoms with van der Waals surface area (Å²) in [7, 11) is 1.71. The Balaban J connectivity index is 1.67. The van der Waals surface area contributed by atoms with Gasteiger partial charge in [-0.2, -0.15) is 0 Å². The van der Waals surface area contributed by atoms with Crippen molar-refractivity contribution in [1.29, 1.82) is 0 Å². The predicted molar refractivity (Wildman–Crippen MR) is 95.6 cm³/mol. The smallest absolute Gasteiger partial charge is 0.119 e. The van der Waals surface area contributed by atoms with Crippen molar-refractivity contribution < 1.29 is 9.84 Å². The van der Waals surface area contributed by atoms with Crippen LogP contribution in [0.4, 0.5) is 0 Å². The number of rotatable bonds is 2. The minimum absolute atomic E-state index is 0.258. The van der Waals surface area contributed by atoms with E-state index in [0.717, 1.165) is 37.2 Å². The molecule has 0 aliphatic carbocycles. The Labute approximate surface area is 147 Å². The van der Waals surface area contributed by atoms with Crippen LogP contribution in [0.1, 0.15) is 35.6 Å². The number of hydrogen-bond donors (Lipinski definition) is 1. The first-order valence-corrected chi connectivity index (χ1v) is 8.86. The van der Waals surface area contributed by atoms with E-state index in [9.17, 15) is 5.11 Å². The molecule has 3 nitrogen and oxygen atoms in total. The standard InChI is InChI=1S/C20H22ClNO2/c1-24-17-6-7-18-14(12-17)8-10-22-11-9-20(23,13-19(18)22)15-2-4-16(21)5-3-15/h2-7,12,19,23H,8-11,13H2,1H3/t19-,20+/m1/s1. The molecule has 0 unspecified atom stereocenters. The molecule has 0 saturated carbocycles. The maximum atomic E-state index is 11.3. The molecule has 4 heteroatoms. The Morgan fingerprint density at radius 3 is 2.71 bits per heavy atom. The van der Waals surface area contributed by atoms with Gasteiger partial charge in [0.1, 0.15) is 5.75 Å². The van der Waals surface area contributed by atoms with Crippen LogP contribution < -0.4 is 4.74 Å². The molecule has 1 saturated heterocycles. The van der Waals surface area contributed by atoms with Crippen LogP contribution in [0.5, 0.6) is 5.75 Å². The minimum Gasteiger partial charge on any atom is -0.497 e. The lowest BCUT2D eigenvalue weighted by Crippen LogP contribution is -2.47. The van der Waals surface area contributed by atoms with Gasteiger partial charge in [-0.3, -0.25) is 4.90 Å². The molecule has 1 fully saturated rings. The topological polar surface area (TPSA) is 32.7 Å². The van der Waals surface area contributed by atoms with Crippen molar-refractivity contribution in [3.63, 3.8) is 0 Å². The van der Waals surface area contributed by atoms with Crippen LogP contribution in [0.15, 0.2) is 42.5 Å². The third-order valence-corrected chi connectivity index (χ3v) is 5.80. The van der Waals surface area contributed by atoms with Gasteiger partial charge in [-0.05, 0) is 53.8 Å². The molecular weight excluding hydrogens is 322 g/mol. The second kappa shape index (κ2) is 6.07. The number of methoxy groups -OCH3 is 1. The monoisotopic (exact) mass is 343 g/mol. The third-order valence-electron chi connectivity index (χ3n) is 5.54. The first-order chi connectivity index (χ1) is 11.6. The lowest BCUT2D eigenvalue weighted by atomic mass is 9.76. The lowest BCUT2D eigenvalue weighted by molar-refractivity contribution is -0.0556. The maximum Gasteiger partial charge on any atom is 0.119 e. The van der Waals surface area contributed by atoms with Gasteiger partial charge >= 0.3 is 0 Å². The Hall–Kier alpha value is -1.55. The second-order valence-corrected chi connectivity index (χ2v) is 7.30. The van der Waals surface area contributed by atoms with Gasteiger partial charge in [0.15, 0.2) is 0 Å². The maximum absolute atomic E-state index is 11.3. The fraction of sp³-hybridized carbons (Fsp3) is 0.400. The normalized spacial score (nSPS) is 26.5. The van der Waals surface area contributed by atoms with Gasteiger partial charge in [-0.25, -0.2) is 0 Å². The molecule has 2 aliphatic heterocycles. The molecule has 2 aliphatic rings. The van der Waals surface area contributed by atoms with Crippen LogP contribution in [0.25, 0.3) is 0 Å². The van der Waals surface area contributed by atoms with E-state index in [1.165, 1.54) is 11.1 Å². The zero-order valence-electron chi connectivity index (χ0n) is 13.8. The molecule has 2 heterocycles. The quantitative estimate of drug-likeness (QED) is 0.896. The van der Waals surface area contributed by atoms with Crippen LogP contribution in [-0.2, 0) is 12.0 Å². The fourth-order valence-corrected chi connectivity index (χ4v) is 4.27. The van der Waals surface area contributed by atoms with Crippen molar-refractivity contribution in [2.75, 3.05) is 20.2 Å². The first-order valence-electron chi connectivity index (χ1n) is 8.48. The van der Waals surface area contributed by atoms with E-state index < -0.39 is 5.60 Å². The van der Waals surface area contributed by atoms with Crippen molar-refractivity contribution in [3.05, 3.63) is 64.2 Å². The molecule has 0 amide bonds. The third kappa shape index (κ3) is 2.71. The summed E-state index contributed by atoms with van der Waals surface area (Å²) in [6.07, 6.45) is 2.52. The van der Waals surface area contributed by atoms with E-state index in [4.69, 9.17) is 16.3 Å². The number of hydrogen-bond acceptors (Lipinski definition) is 3. The molecule has 4 rings (SSSR count). The van der Waals surface area contributed by atoms with E-state index in [0.29, 0.717) is 11.4 Å². The van der Waals surface area contributed by atoms with E-state index in [-0.39, 0.29) is 6.04 Å². The molecule has 126 valence electrons. The molecule has 0 aromatic heterocycles. The van der Waals surface area contributed by atoms with Crippen LogP contribution in [0.3, 0.4) is 0 Å². The van der Waals surface area contributed by atoms with Crippen molar-refractivity contribution in [1.82, 2.24) is 4.90 Å². The van der Waals surface area contributed by atoms with Crippen molar-refractivity contribution >= 4 is 11.6 Å². The summed E-state index contributed by atoms with van der Waals surface area (Å²) in [5, 5.41) is 12.0. The number of fused-ring (bicyclic) bond motifs is 3. The number of piperidine rings is 1. The van der Waals surface area contributed by atoms with Crippen molar-refractivity contribution in [2.24, 2.45) is 0 Å². The summed E-state index contributed by atoms with van der Waals surface area (Å²) in [5.41, 5.74) is 2.84. The highest BCUT2D eigenvalue weighted by atomic mass is 35.5. The molecule has 0 bridgehead atoms. The Kier molecular flexibility index (Phi) is 4.03.